The lowest BCUT2D eigenvalue weighted by Gasteiger charge is -2.51. The summed E-state index contributed by atoms with van der Waals surface area (Å²) in [6, 6.07) is 0. The molecule has 0 spiro atoms. The van der Waals surface area contributed by atoms with Gasteiger partial charge in [0.1, 0.15) is 0 Å². The Kier molecular flexibility index (Phi) is 4.04. The summed E-state index contributed by atoms with van der Waals surface area (Å²) in [5, 5.41) is 2.11. The summed E-state index contributed by atoms with van der Waals surface area (Å²) in [7, 11) is 0. The van der Waals surface area contributed by atoms with Crippen molar-refractivity contribution in [2.45, 2.75) is 81.6 Å². The number of hydrogen-bond donors (Lipinski definition) is 0. The highest BCUT2D eigenvalue weighted by atomic mass is 32.2. The molecule has 3 fully saturated rings. The topological polar surface area (TPSA) is 0 Å². The first-order valence-electron chi connectivity index (χ1n) is 8.05. The molecule has 17 heavy (non-hydrogen) atoms. The molecule has 1 heterocycles. The first-order chi connectivity index (χ1) is 8.40. The van der Waals surface area contributed by atoms with E-state index in [0.717, 1.165) is 28.3 Å². The molecular formula is C16H28S. The molecule has 1 aliphatic heterocycles. The van der Waals surface area contributed by atoms with Gasteiger partial charge in [-0.15, -0.1) is 0 Å². The van der Waals surface area contributed by atoms with Crippen molar-refractivity contribution in [1.82, 2.24) is 0 Å². The second-order valence-corrected chi connectivity index (χ2v) is 8.05. The van der Waals surface area contributed by atoms with Crippen LogP contribution in [0.2, 0.25) is 0 Å². The minimum atomic E-state index is 1.06. The van der Waals surface area contributed by atoms with Crippen LogP contribution in [0.25, 0.3) is 0 Å². The minimum absolute atomic E-state index is 1.06. The molecular weight excluding hydrogens is 224 g/mol. The predicted octanol–water partition coefficient (Wildman–Crippen LogP) is 5.27. The Balaban J connectivity index is 1.77. The van der Waals surface area contributed by atoms with Gasteiger partial charge in [-0.1, -0.05) is 45.4 Å². The Bertz CT molecular complexity index is 228. The van der Waals surface area contributed by atoms with Gasteiger partial charge < -0.3 is 0 Å². The maximum absolute atomic E-state index is 2.43. The monoisotopic (exact) mass is 252 g/mol. The highest BCUT2D eigenvalue weighted by Crippen LogP contribution is 2.54. The average molecular weight is 252 g/mol. The molecule has 2 saturated carbocycles. The largest absolute Gasteiger partial charge is 0.155 e. The number of fused-ring (bicyclic) bond motifs is 2. The van der Waals surface area contributed by atoms with Gasteiger partial charge in [-0.2, -0.15) is 11.8 Å². The summed E-state index contributed by atoms with van der Waals surface area (Å²) in [4.78, 5) is 0. The van der Waals surface area contributed by atoms with E-state index in [4.69, 9.17) is 0 Å². The summed E-state index contributed by atoms with van der Waals surface area (Å²) in [5.74, 6) is 3.32. The summed E-state index contributed by atoms with van der Waals surface area (Å²) < 4.78 is 0. The van der Waals surface area contributed by atoms with E-state index in [1.165, 1.54) is 38.5 Å². The Hall–Kier alpha value is 0.350. The van der Waals surface area contributed by atoms with E-state index >= 15 is 0 Å². The summed E-state index contributed by atoms with van der Waals surface area (Å²) in [6.45, 7) is 2.40. The SMILES string of the molecule is CCCC1C2CCCCC2SC2CCCCC21. The third-order valence-electron chi connectivity index (χ3n) is 5.58. The number of rotatable bonds is 2. The second kappa shape index (κ2) is 5.55. The van der Waals surface area contributed by atoms with Crippen molar-refractivity contribution < 1.29 is 0 Å². The van der Waals surface area contributed by atoms with Crippen molar-refractivity contribution in [2.24, 2.45) is 17.8 Å². The molecule has 4 atom stereocenters. The molecule has 0 nitrogen and oxygen atoms in total. The van der Waals surface area contributed by atoms with Crippen molar-refractivity contribution in [3.63, 3.8) is 0 Å². The maximum Gasteiger partial charge on any atom is 0.00809 e. The fourth-order valence-electron chi connectivity index (χ4n) is 4.87. The highest BCUT2D eigenvalue weighted by Gasteiger charge is 2.45. The molecule has 3 rings (SSSR count). The summed E-state index contributed by atoms with van der Waals surface area (Å²) >= 11 is 2.43. The summed E-state index contributed by atoms with van der Waals surface area (Å²) in [6.07, 6.45) is 15.2. The molecule has 0 aromatic carbocycles. The molecule has 1 heteroatoms. The minimum Gasteiger partial charge on any atom is -0.155 e. The van der Waals surface area contributed by atoms with E-state index in [1.54, 1.807) is 25.7 Å². The van der Waals surface area contributed by atoms with Gasteiger partial charge in [0.25, 0.3) is 0 Å². The zero-order chi connectivity index (χ0) is 11.7. The van der Waals surface area contributed by atoms with Crippen LogP contribution in [0.5, 0.6) is 0 Å². The van der Waals surface area contributed by atoms with Crippen LogP contribution < -0.4 is 0 Å². The second-order valence-electron chi connectivity index (χ2n) is 6.56. The van der Waals surface area contributed by atoms with Crippen molar-refractivity contribution in [1.29, 1.82) is 0 Å². The molecule has 0 aromatic rings. The van der Waals surface area contributed by atoms with E-state index in [0.29, 0.717) is 0 Å². The van der Waals surface area contributed by atoms with Crippen LogP contribution in [-0.2, 0) is 0 Å². The van der Waals surface area contributed by atoms with Crippen LogP contribution >= 0.6 is 11.8 Å². The Morgan fingerprint density at radius 2 is 1.35 bits per heavy atom. The third-order valence-corrected chi connectivity index (χ3v) is 7.45. The third kappa shape index (κ3) is 2.41. The van der Waals surface area contributed by atoms with Gasteiger partial charge in [-0.05, 0) is 43.4 Å². The molecule has 0 aromatic heterocycles. The quantitative estimate of drug-likeness (QED) is 0.645. The van der Waals surface area contributed by atoms with E-state index in [9.17, 15) is 0 Å². The fraction of sp³-hybridized carbons (Fsp3) is 1.00. The first-order valence-corrected chi connectivity index (χ1v) is 9.00. The lowest BCUT2D eigenvalue weighted by Crippen LogP contribution is -2.44. The molecule has 3 aliphatic rings. The van der Waals surface area contributed by atoms with Crippen molar-refractivity contribution in [3.05, 3.63) is 0 Å². The van der Waals surface area contributed by atoms with Gasteiger partial charge in [-0.25, -0.2) is 0 Å². The van der Waals surface area contributed by atoms with Crippen LogP contribution in [-0.4, -0.2) is 10.5 Å². The van der Waals surface area contributed by atoms with Gasteiger partial charge in [0, 0.05) is 10.5 Å². The molecule has 4 unspecified atom stereocenters. The molecule has 0 amide bonds. The van der Waals surface area contributed by atoms with Crippen LogP contribution in [0.1, 0.15) is 71.1 Å². The van der Waals surface area contributed by atoms with Gasteiger partial charge in [0.2, 0.25) is 0 Å². The molecule has 98 valence electrons. The normalized spacial score (nSPS) is 46.1. The molecule has 0 bridgehead atoms. The van der Waals surface area contributed by atoms with E-state index in [-0.39, 0.29) is 0 Å². The van der Waals surface area contributed by atoms with Crippen LogP contribution in [0.3, 0.4) is 0 Å². The van der Waals surface area contributed by atoms with E-state index < -0.39 is 0 Å². The van der Waals surface area contributed by atoms with E-state index in [1.807, 2.05) is 0 Å². The fourth-order valence-corrected chi connectivity index (χ4v) is 7.01. The standard InChI is InChI=1S/C16H28S/c1-2-7-12-13-8-3-5-10-15(13)17-16-11-6-4-9-14(12)16/h12-16H,2-11H2,1H3. The van der Waals surface area contributed by atoms with Crippen LogP contribution in [0.4, 0.5) is 0 Å². The lowest BCUT2D eigenvalue weighted by molar-refractivity contribution is 0.129. The first kappa shape index (κ1) is 12.4. The highest BCUT2D eigenvalue weighted by molar-refractivity contribution is 8.00. The van der Waals surface area contributed by atoms with E-state index in [2.05, 4.69) is 18.7 Å². The van der Waals surface area contributed by atoms with Crippen molar-refractivity contribution >= 4 is 11.8 Å². The summed E-state index contributed by atoms with van der Waals surface area (Å²) in [5.41, 5.74) is 0. The Morgan fingerprint density at radius 1 is 0.824 bits per heavy atom. The zero-order valence-corrected chi connectivity index (χ0v) is 12.2. The van der Waals surface area contributed by atoms with Gasteiger partial charge in [0.15, 0.2) is 0 Å². The van der Waals surface area contributed by atoms with Crippen molar-refractivity contribution in [3.8, 4) is 0 Å². The van der Waals surface area contributed by atoms with Gasteiger partial charge >= 0.3 is 0 Å². The predicted molar refractivity (Wildman–Crippen MR) is 77.5 cm³/mol. The number of hydrogen-bond acceptors (Lipinski definition) is 1. The maximum atomic E-state index is 2.43. The van der Waals surface area contributed by atoms with Gasteiger partial charge in [0.05, 0.1) is 0 Å². The zero-order valence-electron chi connectivity index (χ0n) is 11.4. The molecule has 0 N–H and O–H groups in total. The number of thioether (sulfide) groups is 1. The van der Waals surface area contributed by atoms with Crippen molar-refractivity contribution in [2.75, 3.05) is 0 Å². The smallest absolute Gasteiger partial charge is 0.00809 e. The Morgan fingerprint density at radius 3 is 1.88 bits per heavy atom. The molecule has 2 aliphatic carbocycles. The lowest BCUT2D eigenvalue weighted by atomic mass is 9.67. The Labute approximate surface area is 111 Å². The van der Waals surface area contributed by atoms with Crippen LogP contribution in [0.15, 0.2) is 0 Å². The van der Waals surface area contributed by atoms with Gasteiger partial charge in [-0.3, -0.25) is 0 Å². The average Bonchev–Trinajstić information content (AvgIpc) is 2.39. The molecule has 0 radical (unpaired) electrons. The van der Waals surface area contributed by atoms with Crippen LogP contribution in [0, 0.1) is 17.8 Å². The molecule has 1 saturated heterocycles.